The summed E-state index contributed by atoms with van der Waals surface area (Å²) in [6.45, 7) is 4.07. The van der Waals surface area contributed by atoms with E-state index in [2.05, 4.69) is 12.2 Å². The minimum Gasteiger partial charge on any atom is -0.449 e. The molecule has 1 amide bonds. The van der Waals surface area contributed by atoms with Crippen LogP contribution >= 0.6 is 0 Å². The third-order valence-corrected chi connectivity index (χ3v) is 4.17. The summed E-state index contributed by atoms with van der Waals surface area (Å²) in [4.78, 5) is 24.4. The van der Waals surface area contributed by atoms with Crippen LogP contribution < -0.4 is 5.32 Å². The molecule has 0 saturated heterocycles. The summed E-state index contributed by atoms with van der Waals surface area (Å²) in [6, 6.07) is 18.1. The van der Waals surface area contributed by atoms with Crippen LogP contribution in [0.3, 0.4) is 0 Å². The number of benzene rings is 2. The van der Waals surface area contributed by atoms with Gasteiger partial charge in [-0.2, -0.15) is 5.26 Å². The highest BCUT2D eigenvalue weighted by Crippen LogP contribution is 2.18. The van der Waals surface area contributed by atoms with Crippen LogP contribution in [0.1, 0.15) is 47.7 Å². The number of nitrogens with zero attached hydrogens (tertiary/aromatic N) is 1. The van der Waals surface area contributed by atoms with Crippen LogP contribution in [0.25, 0.3) is 0 Å². The second-order valence-electron chi connectivity index (χ2n) is 6.00. The molecule has 134 valence electrons. The Kier molecular flexibility index (Phi) is 6.92. The smallest absolute Gasteiger partial charge is 0.338 e. The molecule has 0 aliphatic carbocycles. The summed E-state index contributed by atoms with van der Waals surface area (Å²) < 4.78 is 5.21. The highest BCUT2D eigenvalue weighted by atomic mass is 16.5. The molecule has 2 aromatic carbocycles. The molecule has 2 atom stereocenters. The Balaban J connectivity index is 1.90. The van der Waals surface area contributed by atoms with Crippen molar-refractivity contribution in [3.63, 3.8) is 0 Å². The van der Waals surface area contributed by atoms with Gasteiger partial charge in [0.25, 0.3) is 5.91 Å². The van der Waals surface area contributed by atoms with Gasteiger partial charge in [0.1, 0.15) is 0 Å². The fourth-order valence-electron chi connectivity index (χ4n) is 2.59. The number of carbonyl (C=O) groups is 2. The van der Waals surface area contributed by atoms with E-state index in [1.165, 1.54) is 13.0 Å². The minimum absolute atomic E-state index is 0.204. The van der Waals surface area contributed by atoms with Crippen molar-refractivity contribution in [3.05, 3.63) is 71.3 Å². The monoisotopic (exact) mass is 350 g/mol. The van der Waals surface area contributed by atoms with Crippen LogP contribution in [0.4, 0.5) is 0 Å². The van der Waals surface area contributed by atoms with Crippen molar-refractivity contribution in [1.29, 1.82) is 5.26 Å². The van der Waals surface area contributed by atoms with E-state index in [4.69, 9.17) is 10.00 Å². The van der Waals surface area contributed by atoms with Crippen molar-refractivity contribution in [2.45, 2.75) is 32.3 Å². The minimum atomic E-state index is -0.915. The maximum atomic E-state index is 12.2. The first-order valence-electron chi connectivity index (χ1n) is 8.59. The molecule has 2 aromatic rings. The van der Waals surface area contributed by atoms with Gasteiger partial charge in [0, 0.05) is 12.5 Å². The van der Waals surface area contributed by atoms with Crippen molar-refractivity contribution < 1.29 is 14.3 Å². The van der Waals surface area contributed by atoms with Gasteiger partial charge in [0.2, 0.25) is 0 Å². The van der Waals surface area contributed by atoms with E-state index in [1.807, 2.05) is 36.4 Å². The Morgan fingerprint density at radius 3 is 2.54 bits per heavy atom. The topological polar surface area (TPSA) is 79.2 Å². The van der Waals surface area contributed by atoms with Crippen LogP contribution in [0, 0.1) is 11.3 Å². The maximum absolute atomic E-state index is 12.2. The third kappa shape index (κ3) is 5.18. The average Bonchev–Trinajstić information content (AvgIpc) is 2.69. The molecule has 5 nitrogen and oxygen atoms in total. The Bertz CT molecular complexity index is 796. The molecule has 0 bridgehead atoms. The number of hydrogen-bond acceptors (Lipinski definition) is 4. The molecule has 0 radical (unpaired) electrons. The Hall–Kier alpha value is -3.13. The van der Waals surface area contributed by atoms with Crippen molar-refractivity contribution in [2.75, 3.05) is 6.54 Å². The van der Waals surface area contributed by atoms with Gasteiger partial charge in [0.15, 0.2) is 6.10 Å². The van der Waals surface area contributed by atoms with E-state index < -0.39 is 12.1 Å². The van der Waals surface area contributed by atoms with Gasteiger partial charge < -0.3 is 10.1 Å². The van der Waals surface area contributed by atoms with E-state index in [9.17, 15) is 9.59 Å². The van der Waals surface area contributed by atoms with Crippen LogP contribution in [0.5, 0.6) is 0 Å². The van der Waals surface area contributed by atoms with E-state index in [0.717, 1.165) is 12.0 Å². The highest BCUT2D eigenvalue weighted by Gasteiger charge is 2.20. The first kappa shape index (κ1) is 19.2. The van der Waals surface area contributed by atoms with Gasteiger partial charge in [-0.1, -0.05) is 43.3 Å². The van der Waals surface area contributed by atoms with Crippen molar-refractivity contribution in [2.24, 2.45) is 0 Å². The standard InChI is InChI=1S/C21H22N2O3/c1-3-17(18-9-5-4-6-10-18)14-23-20(24)15(2)26-21(25)19-11-7-8-16(12-19)13-22/h4-12,15,17H,3,14H2,1-2H3,(H,23,24)/t15-,17-/m0/s1. The Morgan fingerprint density at radius 2 is 1.88 bits per heavy atom. The summed E-state index contributed by atoms with van der Waals surface area (Å²) in [5.41, 5.74) is 1.78. The number of nitrogens with one attached hydrogen (secondary N) is 1. The number of nitriles is 1. The van der Waals surface area contributed by atoms with E-state index in [0.29, 0.717) is 12.1 Å². The summed E-state index contributed by atoms with van der Waals surface area (Å²) in [7, 11) is 0. The van der Waals surface area contributed by atoms with E-state index in [-0.39, 0.29) is 17.4 Å². The van der Waals surface area contributed by atoms with Crippen LogP contribution in [-0.4, -0.2) is 24.5 Å². The van der Waals surface area contributed by atoms with Crippen LogP contribution in [0.2, 0.25) is 0 Å². The molecular weight excluding hydrogens is 328 g/mol. The molecule has 1 N–H and O–H groups in total. The van der Waals surface area contributed by atoms with Crippen molar-refractivity contribution in [3.8, 4) is 6.07 Å². The molecular formula is C21H22N2O3. The lowest BCUT2D eigenvalue weighted by molar-refractivity contribution is -0.129. The van der Waals surface area contributed by atoms with Crippen molar-refractivity contribution in [1.82, 2.24) is 5.32 Å². The second kappa shape index (κ2) is 9.38. The highest BCUT2D eigenvalue weighted by molar-refractivity contribution is 5.92. The molecule has 0 aliphatic rings. The summed E-state index contributed by atoms with van der Waals surface area (Å²) in [5, 5.41) is 11.7. The predicted octanol–water partition coefficient (Wildman–Crippen LogP) is 3.41. The molecule has 0 aliphatic heterocycles. The first-order chi connectivity index (χ1) is 12.5. The summed E-state index contributed by atoms with van der Waals surface area (Å²) in [5.74, 6) is -0.764. The van der Waals surface area contributed by atoms with Crippen LogP contribution in [-0.2, 0) is 9.53 Å². The lowest BCUT2D eigenvalue weighted by atomic mass is 9.96. The van der Waals surface area contributed by atoms with Gasteiger partial charge in [-0.15, -0.1) is 0 Å². The zero-order chi connectivity index (χ0) is 18.9. The second-order valence-corrected chi connectivity index (χ2v) is 6.00. The molecule has 2 rings (SSSR count). The quantitative estimate of drug-likeness (QED) is 0.776. The average molecular weight is 350 g/mol. The predicted molar refractivity (Wildman–Crippen MR) is 98.5 cm³/mol. The van der Waals surface area contributed by atoms with Gasteiger partial charge >= 0.3 is 5.97 Å². The lowest BCUT2D eigenvalue weighted by Crippen LogP contribution is -2.38. The summed E-state index contributed by atoms with van der Waals surface area (Å²) >= 11 is 0. The van der Waals surface area contributed by atoms with Gasteiger partial charge in [-0.05, 0) is 37.1 Å². The molecule has 0 spiro atoms. The van der Waals surface area contributed by atoms with Gasteiger partial charge in [-0.25, -0.2) is 4.79 Å². The lowest BCUT2D eigenvalue weighted by Gasteiger charge is -2.18. The number of esters is 1. The van der Waals surface area contributed by atoms with E-state index >= 15 is 0 Å². The van der Waals surface area contributed by atoms with Gasteiger partial charge in [-0.3, -0.25) is 4.79 Å². The molecule has 0 saturated carbocycles. The first-order valence-corrected chi connectivity index (χ1v) is 8.59. The Morgan fingerprint density at radius 1 is 1.15 bits per heavy atom. The molecule has 0 aromatic heterocycles. The molecule has 0 fully saturated rings. The fourth-order valence-corrected chi connectivity index (χ4v) is 2.59. The zero-order valence-corrected chi connectivity index (χ0v) is 14.9. The number of ether oxygens (including phenoxy) is 1. The molecule has 0 unspecified atom stereocenters. The molecule has 0 heterocycles. The zero-order valence-electron chi connectivity index (χ0n) is 14.9. The number of carbonyl (C=O) groups excluding carboxylic acids is 2. The fraction of sp³-hybridized carbons (Fsp3) is 0.286. The third-order valence-electron chi connectivity index (χ3n) is 4.17. The SMILES string of the molecule is CC[C@@H](CNC(=O)[C@H](C)OC(=O)c1cccc(C#N)c1)c1ccccc1. The maximum Gasteiger partial charge on any atom is 0.338 e. The normalized spacial score (nSPS) is 12.5. The van der Waals surface area contributed by atoms with Crippen molar-refractivity contribution >= 4 is 11.9 Å². The van der Waals surface area contributed by atoms with Gasteiger partial charge in [0.05, 0.1) is 17.2 Å². The van der Waals surface area contributed by atoms with Crippen LogP contribution in [0.15, 0.2) is 54.6 Å². The molecule has 5 heteroatoms. The number of hydrogen-bond donors (Lipinski definition) is 1. The number of rotatable bonds is 7. The largest absolute Gasteiger partial charge is 0.449 e. The number of amides is 1. The molecule has 26 heavy (non-hydrogen) atoms. The summed E-state index contributed by atoms with van der Waals surface area (Å²) in [6.07, 6.45) is -0.0270. The van der Waals surface area contributed by atoms with E-state index in [1.54, 1.807) is 18.2 Å². The Labute approximate surface area is 153 Å².